The molecule has 98 valence electrons. The SMILES string of the molecule is CCn1nc(C)c(C(C)NCCCCN)c1C. The molecule has 1 unspecified atom stereocenters. The summed E-state index contributed by atoms with van der Waals surface area (Å²) in [5.74, 6) is 0. The lowest BCUT2D eigenvalue weighted by atomic mass is 10.1. The molecule has 17 heavy (non-hydrogen) atoms. The van der Waals surface area contributed by atoms with Crippen molar-refractivity contribution in [1.82, 2.24) is 15.1 Å². The van der Waals surface area contributed by atoms with Gasteiger partial charge in [-0.1, -0.05) is 0 Å². The van der Waals surface area contributed by atoms with Crippen molar-refractivity contribution in [3.63, 3.8) is 0 Å². The van der Waals surface area contributed by atoms with Gasteiger partial charge in [-0.25, -0.2) is 0 Å². The van der Waals surface area contributed by atoms with Gasteiger partial charge in [0.1, 0.15) is 0 Å². The lowest BCUT2D eigenvalue weighted by Crippen LogP contribution is -2.21. The van der Waals surface area contributed by atoms with Crippen molar-refractivity contribution in [3.05, 3.63) is 17.0 Å². The van der Waals surface area contributed by atoms with Gasteiger partial charge in [-0.3, -0.25) is 4.68 Å². The summed E-state index contributed by atoms with van der Waals surface area (Å²) in [7, 11) is 0. The van der Waals surface area contributed by atoms with Crippen LogP contribution in [0.25, 0.3) is 0 Å². The monoisotopic (exact) mass is 238 g/mol. The fraction of sp³-hybridized carbons (Fsp3) is 0.769. The molecular formula is C13H26N4. The van der Waals surface area contributed by atoms with Crippen LogP contribution in [0.3, 0.4) is 0 Å². The number of nitrogens with one attached hydrogen (secondary N) is 1. The molecule has 4 nitrogen and oxygen atoms in total. The quantitative estimate of drug-likeness (QED) is 0.713. The van der Waals surface area contributed by atoms with E-state index in [-0.39, 0.29) is 0 Å². The molecule has 1 rings (SSSR count). The van der Waals surface area contributed by atoms with Crippen LogP contribution in [0.2, 0.25) is 0 Å². The molecular weight excluding hydrogens is 212 g/mol. The highest BCUT2D eigenvalue weighted by Crippen LogP contribution is 2.21. The van der Waals surface area contributed by atoms with Gasteiger partial charge in [0.2, 0.25) is 0 Å². The maximum absolute atomic E-state index is 5.48. The summed E-state index contributed by atoms with van der Waals surface area (Å²) in [6.45, 7) is 11.3. The van der Waals surface area contributed by atoms with Crippen LogP contribution in [0.4, 0.5) is 0 Å². The summed E-state index contributed by atoms with van der Waals surface area (Å²) < 4.78 is 2.07. The van der Waals surface area contributed by atoms with Crippen LogP contribution < -0.4 is 11.1 Å². The molecule has 0 amide bonds. The molecule has 3 N–H and O–H groups in total. The molecule has 0 fully saturated rings. The largest absolute Gasteiger partial charge is 0.330 e. The zero-order chi connectivity index (χ0) is 12.8. The smallest absolute Gasteiger partial charge is 0.0644 e. The van der Waals surface area contributed by atoms with Gasteiger partial charge in [-0.05, 0) is 53.6 Å². The second-order valence-electron chi connectivity index (χ2n) is 4.57. The number of rotatable bonds is 7. The summed E-state index contributed by atoms with van der Waals surface area (Å²) in [5.41, 5.74) is 9.25. The Balaban J connectivity index is 2.62. The number of nitrogens with two attached hydrogens (primary N) is 1. The molecule has 1 aromatic rings. The van der Waals surface area contributed by atoms with Crippen molar-refractivity contribution >= 4 is 0 Å². The maximum atomic E-state index is 5.48. The zero-order valence-corrected chi connectivity index (χ0v) is 11.6. The highest BCUT2D eigenvalue weighted by molar-refractivity contribution is 5.27. The van der Waals surface area contributed by atoms with Gasteiger partial charge in [-0.15, -0.1) is 0 Å². The number of hydrogen-bond acceptors (Lipinski definition) is 3. The molecule has 0 aliphatic rings. The highest BCUT2D eigenvalue weighted by Gasteiger charge is 2.15. The van der Waals surface area contributed by atoms with Crippen LogP contribution in [-0.4, -0.2) is 22.9 Å². The lowest BCUT2D eigenvalue weighted by Gasteiger charge is -2.14. The molecule has 0 spiro atoms. The minimum atomic E-state index is 0.369. The Morgan fingerprint density at radius 3 is 2.59 bits per heavy atom. The molecule has 0 aliphatic carbocycles. The summed E-state index contributed by atoms with van der Waals surface area (Å²) in [4.78, 5) is 0. The van der Waals surface area contributed by atoms with E-state index in [0.717, 1.165) is 38.2 Å². The Hall–Kier alpha value is -0.870. The zero-order valence-electron chi connectivity index (χ0n) is 11.6. The predicted octanol–water partition coefficient (Wildman–Crippen LogP) is 1.91. The molecule has 4 heteroatoms. The van der Waals surface area contributed by atoms with Crippen molar-refractivity contribution in [1.29, 1.82) is 0 Å². The molecule has 1 heterocycles. The van der Waals surface area contributed by atoms with Crippen molar-refractivity contribution in [2.75, 3.05) is 13.1 Å². The molecule has 0 radical (unpaired) electrons. The standard InChI is InChI=1S/C13H26N4/c1-5-17-12(4)13(11(3)16-17)10(2)15-9-7-6-8-14/h10,15H,5-9,14H2,1-4H3. The average molecular weight is 238 g/mol. The third kappa shape index (κ3) is 3.54. The second-order valence-corrected chi connectivity index (χ2v) is 4.57. The lowest BCUT2D eigenvalue weighted by molar-refractivity contribution is 0.543. The van der Waals surface area contributed by atoms with Gasteiger partial charge in [0.05, 0.1) is 5.69 Å². The maximum Gasteiger partial charge on any atom is 0.0644 e. The van der Waals surface area contributed by atoms with E-state index in [2.05, 4.69) is 42.8 Å². The molecule has 0 aliphatic heterocycles. The van der Waals surface area contributed by atoms with E-state index in [1.54, 1.807) is 0 Å². The minimum Gasteiger partial charge on any atom is -0.330 e. The average Bonchev–Trinajstić information content (AvgIpc) is 2.59. The van der Waals surface area contributed by atoms with E-state index in [4.69, 9.17) is 5.73 Å². The summed E-state index contributed by atoms with van der Waals surface area (Å²) >= 11 is 0. The first kappa shape index (κ1) is 14.2. The Labute approximate surface area is 105 Å². The Kier molecular flexibility index (Phi) is 5.65. The molecule has 0 saturated carbocycles. The fourth-order valence-corrected chi connectivity index (χ4v) is 2.34. The van der Waals surface area contributed by atoms with E-state index in [1.807, 2.05) is 0 Å². The summed E-state index contributed by atoms with van der Waals surface area (Å²) in [6.07, 6.45) is 2.23. The Bertz CT molecular complexity index is 343. The first-order chi connectivity index (χ1) is 8.11. The van der Waals surface area contributed by atoms with Crippen LogP contribution >= 0.6 is 0 Å². The number of aromatic nitrogens is 2. The third-order valence-electron chi connectivity index (χ3n) is 3.25. The van der Waals surface area contributed by atoms with E-state index in [1.165, 1.54) is 11.3 Å². The predicted molar refractivity (Wildman–Crippen MR) is 72.1 cm³/mol. The topological polar surface area (TPSA) is 55.9 Å². The van der Waals surface area contributed by atoms with Gasteiger partial charge < -0.3 is 11.1 Å². The fourth-order valence-electron chi connectivity index (χ4n) is 2.34. The molecule has 0 saturated heterocycles. The van der Waals surface area contributed by atoms with Crippen LogP contribution in [0.1, 0.15) is 49.7 Å². The van der Waals surface area contributed by atoms with E-state index >= 15 is 0 Å². The van der Waals surface area contributed by atoms with E-state index < -0.39 is 0 Å². The normalized spacial score (nSPS) is 13.0. The van der Waals surface area contributed by atoms with Crippen molar-refractivity contribution in [2.24, 2.45) is 5.73 Å². The van der Waals surface area contributed by atoms with Crippen LogP contribution in [-0.2, 0) is 6.54 Å². The minimum absolute atomic E-state index is 0.369. The Morgan fingerprint density at radius 2 is 2.06 bits per heavy atom. The third-order valence-corrected chi connectivity index (χ3v) is 3.25. The van der Waals surface area contributed by atoms with Gasteiger partial charge in [0.25, 0.3) is 0 Å². The molecule has 1 aromatic heterocycles. The number of hydrogen-bond donors (Lipinski definition) is 2. The van der Waals surface area contributed by atoms with Gasteiger partial charge in [-0.2, -0.15) is 5.10 Å². The van der Waals surface area contributed by atoms with Crippen molar-refractivity contribution in [3.8, 4) is 0 Å². The summed E-state index contributed by atoms with van der Waals surface area (Å²) in [6, 6.07) is 0.369. The Morgan fingerprint density at radius 1 is 1.35 bits per heavy atom. The number of aryl methyl sites for hydroxylation is 2. The first-order valence-corrected chi connectivity index (χ1v) is 6.59. The van der Waals surface area contributed by atoms with Gasteiger partial charge >= 0.3 is 0 Å². The van der Waals surface area contributed by atoms with E-state index in [0.29, 0.717) is 6.04 Å². The molecule has 1 atom stereocenters. The number of unbranched alkanes of at least 4 members (excludes halogenated alkanes) is 1. The van der Waals surface area contributed by atoms with Gasteiger partial charge in [0.15, 0.2) is 0 Å². The highest BCUT2D eigenvalue weighted by atomic mass is 15.3. The van der Waals surface area contributed by atoms with Crippen LogP contribution in [0.5, 0.6) is 0 Å². The van der Waals surface area contributed by atoms with Crippen molar-refractivity contribution < 1.29 is 0 Å². The van der Waals surface area contributed by atoms with Crippen LogP contribution in [0, 0.1) is 13.8 Å². The van der Waals surface area contributed by atoms with Gasteiger partial charge in [0, 0.05) is 23.8 Å². The summed E-state index contributed by atoms with van der Waals surface area (Å²) in [5, 5.41) is 8.09. The first-order valence-electron chi connectivity index (χ1n) is 6.59. The van der Waals surface area contributed by atoms with Crippen molar-refractivity contribution in [2.45, 2.75) is 53.1 Å². The number of nitrogens with zero attached hydrogens (tertiary/aromatic N) is 2. The van der Waals surface area contributed by atoms with E-state index in [9.17, 15) is 0 Å². The molecule has 0 bridgehead atoms. The van der Waals surface area contributed by atoms with Crippen LogP contribution in [0.15, 0.2) is 0 Å². The molecule has 0 aromatic carbocycles. The second kappa shape index (κ2) is 6.77.